The van der Waals surface area contributed by atoms with Gasteiger partial charge < -0.3 is 0 Å². The summed E-state index contributed by atoms with van der Waals surface area (Å²) in [5, 5.41) is 9.54. The number of rotatable bonds is 4. The van der Waals surface area contributed by atoms with Crippen LogP contribution in [-0.4, -0.2) is 29.7 Å². The maximum absolute atomic E-state index is 13.0. The summed E-state index contributed by atoms with van der Waals surface area (Å²) in [6.07, 6.45) is 3.38. The molecule has 162 valence electrons. The van der Waals surface area contributed by atoms with E-state index in [0.717, 1.165) is 30.8 Å². The number of carbonyl (C=O) groups excluding carboxylic acids is 1. The first-order chi connectivity index (χ1) is 13.9. The topological polar surface area (TPSA) is 47.9 Å². The standard InChI is InChI=1S/C20H21Cl3N4OS.ClH/c1-12-18(20(28)25-26-9-3-2-4-10-26)24-27(15-6-5-13(21)11-14(15)22)19(12)16-7-8-17(23)29-16;/h5-8,11-12,19H,2-4,9-10H2,1H3,(H,25,28);1H/t12-,19+;/m1./s1. The first kappa shape index (κ1) is 23.6. The second kappa shape index (κ2) is 10.1. The van der Waals surface area contributed by atoms with Crippen molar-refractivity contribution >= 4 is 75.9 Å². The van der Waals surface area contributed by atoms with Crippen molar-refractivity contribution in [1.82, 2.24) is 10.4 Å². The molecule has 1 aromatic heterocycles. The summed E-state index contributed by atoms with van der Waals surface area (Å²) in [7, 11) is 0. The number of nitrogens with one attached hydrogen (secondary N) is 1. The van der Waals surface area contributed by atoms with Crippen LogP contribution in [0.15, 0.2) is 35.4 Å². The molecule has 4 rings (SSSR count). The third-order valence-electron chi connectivity index (χ3n) is 5.27. The lowest BCUT2D eigenvalue weighted by atomic mass is 9.95. The number of anilines is 1. The highest BCUT2D eigenvalue weighted by Crippen LogP contribution is 2.44. The fourth-order valence-corrected chi connectivity index (χ4v) is 5.56. The van der Waals surface area contributed by atoms with Gasteiger partial charge in [-0.15, -0.1) is 23.7 Å². The van der Waals surface area contributed by atoms with Crippen molar-refractivity contribution in [3.8, 4) is 0 Å². The van der Waals surface area contributed by atoms with Gasteiger partial charge in [0.15, 0.2) is 0 Å². The van der Waals surface area contributed by atoms with Crippen LogP contribution in [0.2, 0.25) is 14.4 Å². The SMILES string of the molecule is C[C@@H]1C(C(=O)NN2CCCCC2)=NN(c2ccc(Cl)cc2Cl)[C@@H]1c1ccc(Cl)s1.Cl. The summed E-state index contributed by atoms with van der Waals surface area (Å²) >= 11 is 20.2. The molecule has 2 aromatic rings. The molecular formula is C20H22Cl4N4OS. The lowest BCUT2D eigenvalue weighted by molar-refractivity contribution is -0.120. The number of thiophene rings is 1. The molecule has 0 spiro atoms. The molecule has 3 heterocycles. The highest BCUT2D eigenvalue weighted by atomic mass is 35.5. The van der Waals surface area contributed by atoms with Crippen molar-refractivity contribution in [2.24, 2.45) is 11.0 Å². The lowest BCUT2D eigenvalue weighted by Crippen LogP contribution is -2.48. The maximum atomic E-state index is 13.0. The van der Waals surface area contributed by atoms with E-state index in [9.17, 15) is 4.79 Å². The summed E-state index contributed by atoms with van der Waals surface area (Å²) in [6.45, 7) is 3.74. The Morgan fingerprint density at radius 3 is 2.50 bits per heavy atom. The first-order valence-electron chi connectivity index (χ1n) is 9.58. The molecule has 2 aliphatic heterocycles. The Balaban J connectivity index is 0.00000256. The molecule has 30 heavy (non-hydrogen) atoms. The molecule has 2 atom stereocenters. The second-order valence-electron chi connectivity index (χ2n) is 7.29. The predicted octanol–water partition coefficient (Wildman–Crippen LogP) is 6.20. The third-order valence-corrected chi connectivity index (χ3v) is 7.11. The number of hydrazine groups is 1. The zero-order valence-corrected chi connectivity index (χ0v) is 20.2. The number of hydrogen-bond acceptors (Lipinski definition) is 5. The molecule has 10 heteroatoms. The van der Waals surface area contributed by atoms with Crippen LogP contribution < -0.4 is 10.4 Å². The van der Waals surface area contributed by atoms with Gasteiger partial charge in [0.1, 0.15) is 5.71 Å². The van der Waals surface area contributed by atoms with Crippen molar-refractivity contribution in [3.05, 3.63) is 49.6 Å². The summed E-state index contributed by atoms with van der Waals surface area (Å²) in [5.74, 6) is -0.305. The minimum atomic E-state index is -0.173. The summed E-state index contributed by atoms with van der Waals surface area (Å²) in [4.78, 5) is 14.1. The zero-order chi connectivity index (χ0) is 20.5. The molecule has 0 radical (unpaired) electrons. The van der Waals surface area contributed by atoms with Crippen LogP contribution >= 0.6 is 58.5 Å². The fourth-order valence-electron chi connectivity index (χ4n) is 3.81. The number of benzene rings is 1. The van der Waals surface area contributed by atoms with Gasteiger partial charge >= 0.3 is 0 Å². The Kier molecular flexibility index (Phi) is 7.93. The number of amides is 1. The van der Waals surface area contributed by atoms with Gasteiger partial charge in [-0.1, -0.05) is 48.1 Å². The Labute approximate surface area is 201 Å². The number of hydrogen-bond donors (Lipinski definition) is 1. The minimum Gasteiger partial charge on any atom is -0.284 e. The molecule has 1 fully saturated rings. The first-order valence-corrected chi connectivity index (χ1v) is 11.5. The summed E-state index contributed by atoms with van der Waals surface area (Å²) in [5.41, 5.74) is 4.21. The van der Waals surface area contributed by atoms with E-state index in [0.29, 0.717) is 25.8 Å². The number of nitrogens with zero attached hydrogens (tertiary/aromatic N) is 3. The highest BCUT2D eigenvalue weighted by molar-refractivity contribution is 7.16. The van der Waals surface area contributed by atoms with Crippen molar-refractivity contribution in [3.63, 3.8) is 0 Å². The Morgan fingerprint density at radius 2 is 1.87 bits per heavy atom. The van der Waals surface area contributed by atoms with E-state index < -0.39 is 0 Å². The maximum Gasteiger partial charge on any atom is 0.282 e. The second-order valence-corrected chi connectivity index (χ2v) is 9.88. The van der Waals surface area contributed by atoms with Crippen LogP contribution in [0, 0.1) is 5.92 Å². The largest absolute Gasteiger partial charge is 0.284 e. The number of piperidine rings is 1. The molecule has 0 bridgehead atoms. The average Bonchev–Trinajstić information content (AvgIpc) is 3.25. The third kappa shape index (κ3) is 4.90. The van der Waals surface area contributed by atoms with Gasteiger partial charge in [-0.25, -0.2) is 5.01 Å². The van der Waals surface area contributed by atoms with Crippen LogP contribution in [0.3, 0.4) is 0 Å². The Morgan fingerprint density at radius 1 is 1.13 bits per heavy atom. The molecule has 0 aliphatic carbocycles. The van der Waals surface area contributed by atoms with Crippen LogP contribution in [-0.2, 0) is 4.79 Å². The van der Waals surface area contributed by atoms with E-state index in [1.54, 1.807) is 12.1 Å². The molecular weight excluding hydrogens is 486 g/mol. The minimum absolute atomic E-state index is 0. The van der Waals surface area contributed by atoms with Gasteiger partial charge in [-0.2, -0.15) is 5.10 Å². The van der Waals surface area contributed by atoms with Crippen LogP contribution in [0.5, 0.6) is 0 Å². The van der Waals surface area contributed by atoms with Gasteiger partial charge in [-0.05, 0) is 43.2 Å². The summed E-state index contributed by atoms with van der Waals surface area (Å²) in [6, 6.07) is 8.95. The van der Waals surface area contributed by atoms with Crippen molar-refractivity contribution < 1.29 is 4.79 Å². The van der Waals surface area contributed by atoms with Crippen molar-refractivity contribution in [2.45, 2.75) is 32.2 Å². The van der Waals surface area contributed by atoms with Crippen LogP contribution in [0.1, 0.15) is 37.1 Å². The molecule has 2 aliphatic rings. The molecule has 0 unspecified atom stereocenters. The number of carbonyl (C=O) groups is 1. The van der Waals surface area contributed by atoms with Gasteiger partial charge in [0.2, 0.25) is 0 Å². The molecule has 5 nitrogen and oxygen atoms in total. The Hall–Kier alpha value is -1.02. The average molecular weight is 508 g/mol. The quantitative estimate of drug-likeness (QED) is 0.535. The predicted molar refractivity (Wildman–Crippen MR) is 128 cm³/mol. The van der Waals surface area contributed by atoms with Crippen LogP contribution in [0.4, 0.5) is 5.69 Å². The van der Waals surface area contributed by atoms with Gasteiger partial charge in [-0.3, -0.25) is 15.2 Å². The van der Waals surface area contributed by atoms with E-state index in [1.807, 2.05) is 35.1 Å². The van der Waals surface area contributed by atoms with Gasteiger partial charge in [0.25, 0.3) is 5.91 Å². The van der Waals surface area contributed by atoms with E-state index in [1.165, 1.54) is 17.8 Å². The molecule has 1 amide bonds. The molecule has 1 saturated heterocycles. The van der Waals surface area contributed by atoms with Crippen LogP contribution in [0.25, 0.3) is 0 Å². The molecule has 1 aromatic carbocycles. The highest BCUT2D eigenvalue weighted by Gasteiger charge is 2.41. The normalized spacial score (nSPS) is 21.9. The van der Waals surface area contributed by atoms with E-state index >= 15 is 0 Å². The van der Waals surface area contributed by atoms with Crippen molar-refractivity contribution in [1.29, 1.82) is 0 Å². The Bertz CT molecular complexity index is 945. The van der Waals surface area contributed by atoms with E-state index in [4.69, 9.17) is 39.9 Å². The molecule has 0 saturated carbocycles. The van der Waals surface area contributed by atoms with Crippen molar-refractivity contribution in [2.75, 3.05) is 18.1 Å². The van der Waals surface area contributed by atoms with E-state index in [2.05, 4.69) is 5.43 Å². The smallest absolute Gasteiger partial charge is 0.282 e. The van der Waals surface area contributed by atoms with E-state index in [-0.39, 0.29) is 30.3 Å². The fraction of sp³-hybridized carbons (Fsp3) is 0.400. The zero-order valence-electron chi connectivity index (χ0n) is 16.3. The lowest BCUT2D eigenvalue weighted by Gasteiger charge is -2.27. The number of halogens is 4. The number of hydrazone groups is 1. The van der Waals surface area contributed by atoms with Gasteiger partial charge in [0, 0.05) is 28.9 Å². The molecule has 1 N–H and O–H groups in total. The summed E-state index contributed by atoms with van der Waals surface area (Å²) < 4.78 is 0.695. The monoisotopic (exact) mass is 506 g/mol. The van der Waals surface area contributed by atoms with Gasteiger partial charge in [0.05, 0.1) is 21.1 Å².